The number of likely N-dealkylation sites (tertiary alicyclic amines) is 1. The van der Waals surface area contributed by atoms with E-state index >= 15 is 0 Å². The van der Waals surface area contributed by atoms with E-state index in [2.05, 4.69) is 10.3 Å². The summed E-state index contributed by atoms with van der Waals surface area (Å²) in [4.78, 5) is 30.2. The minimum absolute atomic E-state index is 0.0134. The molecular weight excluding hydrogens is 306 g/mol. The van der Waals surface area contributed by atoms with E-state index in [1.165, 1.54) is 0 Å². The Balaban J connectivity index is 1.54. The average molecular weight is 331 g/mol. The number of hydrogen-bond acceptors (Lipinski definition) is 4. The third-order valence-corrected chi connectivity index (χ3v) is 4.95. The maximum Gasteiger partial charge on any atom is 0.255 e. The fourth-order valence-electron chi connectivity index (χ4n) is 3.44. The Hall–Kier alpha value is -1.95. The molecule has 0 unspecified atom stereocenters. The van der Waals surface area contributed by atoms with Gasteiger partial charge in [0.1, 0.15) is 0 Å². The number of ether oxygens (including phenoxy) is 1. The van der Waals surface area contributed by atoms with Crippen molar-refractivity contribution in [1.82, 2.24) is 15.2 Å². The summed E-state index contributed by atoms with van der Waals surface area (Å²) in [5.41, 5.74) is 0.434. The number of amides is 2. The lowest BCUT2D eigenvalue weighted by Crippen LogP contribution is -2.47. The van der Waals surface area contributed by atoms with Gasteiger partial charge in [-0.2, -0.15) is 0 Å². The Bertz CT molecular complexity index is 595. The van der Waals surface area contributed by atoms with Crippen LogP contribution in [0.2, 0.25) is 0 Å². The molecule has 6 nitrogen and oxygen atoms in total. The predicted octanol–water partition coefficient (Wildman–Crippen LogP) is 1.62. The Labute approximate surface area is 142 Å². The molecule has 3 heterocycles. The van der Waals surface area contributed by atoms with Crippen LogP contribution >= 0.6 is 0 Å². The maximum atomic E-state index is 12.5. The summed E-state index contributed by atoms with van der Waals surface area (Å²) in [5, 5.41) is 3.06. The van der Waals surface area contributed by atoms with Crippen LogP contribution in [0.4, 0.5) is 0 Å². The quantitative estimate of drug-likeness (QED) is 0.913. The number of nitrogens with one attached hydrogen (secondary N) is 1. The average Bonchev–Trinajstić information content (AvgIpc) is 2.98. The topological polar surface area (TPSA) is 71.5 Å². The van der Waals surface area contributed by atoms with Crippen molar-refractivity contribution in [3.05, 3.63) is 30.1 Å². The van der Waals surface area contributed by atoms with E-state index in [1.807, 2.05) is 18.7 Å². The number of piperidine rings is 1. The fraction of sp³-hybridized carbons (Fsp3) is 0.611. The minimum atomic E-state index is -0.194. The van der Waals surface area contributed by atoms with Crippen LogP contribution in [0.1, 0.15) is 43.5 Å². The minimum Gasteiger partial charge on any atom is -0.373 e. The summed E-state index contributed by atoms with van der Waals surface area (Å²) in [7, 11) is 0. The lowest BCUT2D eigenvalue weighted by atomic mass is 9.87. The van der Waals surface area contributed by atoms with Crippen molar-refractivity contribution >= 4 is 11.8 Å². The van der Waals surface area contributed by atoms with Gasteiger partial charge in [0, 0.05) is 31.4 Å². The van der Waals surface area contributed by atoms with Crippen molar-refractivity contribution < 1.29 is 14.3 Å². The highest BCUT2D eigenvalue weighted by Gasteiger charge is 2.43. The second kappa shape index (κ2) is 6.89. The molecule has 1 aromatic rings. The Morgan fingerprint density at radius 2 is 2.12 bits per heavy atom. The Morgan fingerprint density at radius 1 is 1.38 bits per heavy atom. The molecule has 0 aromatic carbocycles. The first-order valence-corrected chi connectivity index (χ1v) is 8.63. The molecular formula is C18H25N3O3. The lowest BCUT2D eigenvalue weighted by Gasteiger charge is -2.38. The molecule has 0 radical (unpaired) electrons. The van der Waals surface area contributed by atoms with Crippen LogP contribution in [-0.4, -0.2) is 53.0 Å². The normalized spacial score (nSPS) is 22.8. The van der Waals surface area contributed by atoms with Crippen LogP contribution in [0.25, 0.3) is 0 Å². The highest BCUT2D eigenvalue weighted by atomic mass is 16.5. The molecule has 2 saturated heterocycles. The molecule has 1 atom stereocenters. The van der Waals surface area contributed by atoms with E-state index < -0.39 is 0 Å². The van der Waals surface area contributed by atoms with Gasteiger partial charge >= 0.3 is 0 Å². The van der Waals surface area contributed by atoms with Gasteiger partial charge in [-0.15, -0.1) is 0 Å². The standard InChI is InChI=1S/C18H25N3O3/c1-13(2)16(22)20-15-10-18(24-12-15)5-8-21(9-6-18)17(23)14-4-3-7-19-11-14/h3-4,7,11,13,15H,5-6,8-10,12H2,1-2H3,(H,20,22)/t15-/m1/s1. The Kier molecular flexibility index (Phi) is 4.85. The van der Waals surface area contributed by atoms with Gasteiger partial charge in [-0.25, -0.2) is 0 Å². The summed E-state index contributed by atoms with van der Waals surface area (Å²) >= 11 is 0. The summed E-state index contributed by atoms with van der Waals surface area (Å²) in [6.45, 7) is 5.71. The first kappa shape index (κ1) is 16.9. The number of carbonyl (C=O) groups excluding carboxylic acids is 2. The van der Waals surface area contributed by atoms with Crippen LogP contribution in [0.5, 0.6) is 0 Å². The van der Waals surface area contributed by atoms with Crippen molar-refractivity contribution in [2.24, 2.45) is 5.92 Å². The number of nitrogens with zero attached hydrogens (tertiary/aromatic N) is 2. The number of rotatable bonds is 3. The van der Waals surface area contributed by atoms with Gasteiger partial charge < -0.3 is 15.0 Å². The van der Waals surface area contributed by atoms with Gasteiger partial charge in [0.05, 0.1) is 23.8 Å². The van der Waals surface area contributed by atoms with Gasteiger partial charge in [0.25, 0.3) is 5.91 Å². The van der Waals surface area contributed by atoms with Crippen LogP contribution in [0.3, 0.4) is 0 Å². The number of carbonyl (C=O) groups is 2. The van der Waals surface area contributed by atoms with Gasteiger partial charge in [-0.1, -0.05) is 13.8 Å². The van der Waals surface area contributed by atoms with Gasteiger partial charge in [-0.3, -0.25) is 14.6 Å². The molecule has 1 N–H and O–H groups in total. The molecule has 2 fully saturated rings. The van der Waals surface area contributed by atoms with Crippen LogP contribution in [0.15, 0.2) is 24.5 Å². The molecule has 0 saturated carbocycles. The van der Waals surface area contributed by atoms with Crippen LogP contribution in [-0.2, 0) is 9.53 Å². The zero-order valence-corrected chi connectivity index (χ0v) is 14.3. The van der Waals surface area contributed by atoms with Crippen LogP contribution in [0, 0.1) is 5.92 Å². The maximum absolute atomic E-state index is 12.5. The van der Waals surface area contributed by atoms with Crippen molar-refractivity contribution in [2.45, 2.75) is 44.8 Å². The monoisotopic (exact) mass is 331 g/mol. The SMILES string of the molecule is CC(C)C(=O)N[C@H]1COC2(CCN(C(=O)c3cccnc3)CC2)C1. The second-order valence-corrected chi connectivity index (χ2v) is 7.09. The van der Waals surface area contributed by atoms with E-state index in [9.17, 15) is 9.59 Å². The van der Waals surface area contributed by atoms with Gasteiger partial charge in [0.2, 0.25) is 5.91 Å². The third-order valence-electron chi connectivity index (χ3n) is 4.95. The molecule has 6 heteroatoms. The van der Waals surface area contributed by atoms with Crippen molar-refractivity contribution in [2.75, 3.05) is 19.7 Å². The smallest absolute Gasteiger partial charge is 0.255 e. The fourth-order valence-corrected chi connectivity index (χ4v) is 3.44. The predicted molar refractivity (Wildman–Crippen MR) is 89.4 cm³/mol. The van der Waals surface area contributed by atoms with E-state index in [4.69, 9.17) is 4.74 Å². The summed E-state index contributed by atoms with van der Waals surface area (Å²) < 4.78 is 6.04. The summed E-state index contributed by atoms with van der Waals surface area (Å²) in [6, 6.07) is 3.66. The van der Waals surface area contributed by atoms with E-state index in [-0.39, 0.29) is 29.4 Å². The summed E-state index contributed by atoms with van der Waals surface area (Å²) in [6.07, 6.45) is 5.73. The molecule has 0 bridgehead atoms. The highest BCUT2D eigenvalue weighted by Crippen LogP contribution is 2.36. The van der Waals surface area contributed by atoms with Crippen molar-refractivity contribution in [1.29, 1.82) is 0 Å². The Morgan fingerprint density at radius 3 is 2.75 bits per heavy atom. The molecule has 1 spiro atoms. The van der Waals surface area contributed by atoms with Crippen molar-refractivity contribution in [3.63, 3.8) is 0 Å². The van der Waals surface area contributed by atoms with E-state index in [1.54, 1.807) is 24.5 Å². The zero-order valence-electron chi connectivity index (χ0n) is 14.3. The first-order valence-electron chi connectivity index (χ1n) is 8.63. The second-order valence-electron chi connectivity index (χ2n) is 7.09. The highest BCUT2D eigenvalue weighted by molar-refractivity contribution is 5.93. The molecule has 1 aromatic heterocycles. The summed E-state index contributed by atoms with van der Waals surface area (Å²) in [5.74, 6) is 0.0888. The molecule has 0 aliphatic carbocycles. The zero-order chi connectivity index (χ0) is 17.2. The van der Waals surface area contributed by atoms with Gasteiger partial charge in [0.15, 0.2) is 0 Å². The molecule has 24 heavy (non-hydrogen) atoms. The van der Waals surface area contributed by atoms with E-state index in [0.29, 0.717) is 25.3 Å². The molecule has 2 amide bonds. The molecule has 3 rings (SSSR count). The molecule has 2 aliphatic rings. The van der Waals surface area contributed by atoms with E-state index in [0.717, 1.165) is 19.3 Å². The van der Waals surface area contributed by atoms with Crippen molar-refractivity contribution in [3.8, 4) is 0 Å². The van der Waals surface area contributed by atoms with Crippen LogP contribution < -0.4 is 5.32 Å². The van der Waals surface area contributed by atoms with Gasteiger partial charge in [-0.05, 0) is 31.4 Å². The molecule has 130 valence electrons. The number of hydrogen-bond donors (Lipinski definition) is 1. The number of aromatic nitrogens is 1. The number of pyridine rings is 1. The third kappa shape index (κ3) is 3.59. The first-order chi connectivity index (χ1) is 11.5. The lowest BCUT2D eigenvalue weighted by molar-refractivity contribution is -0.124. The molecule has 2 aliphatic heterocycles. The largest absolute Gasteiger partial charge is 0.373 e.